The first-order chi connectivity index (χ1) is 28.7. The van der Waals surface area contributed by atoms with Gasteiger partial charge in [0.2, 0.25) is 0 Å². The fraction of sp³-hybridized carbons (Fsp3) is 0. The molecule has 3 heteroatoms. The Hall–Kier alpha value is -6.84. The Balaban J connectivity index is 1.13. The number of fused-ring (bicyclic) bond motifs is 9. The van der Waals surface area contributed by atoms with Crippen LogP contribution in [0.25, 0.3) is 93.6 Å². The van der Waals surface area contributed by atoms with E-state index in [1.807, 2.05) is 42.5 Å². The van der Waals surface area contributed by atoms with Gasteiger partial charge >= 0.3 is 0 Å². The van der Waals surface area contributed by atoms with E-state index in [1.54, 1.807) is 4.57 Å². The average molecular weight is 658 g/mol. The van der Waals surface area contributed by atoms with Crippen molar-refractivity contribution in [2.45, 2.75) is 0 Å². The van der Waals surface area contributed by atoms with E-state index in [4.69, 9.17) is 11.0 Å². The maximum atomic E-state index is 8.92. The summed E-state index contributed by atoms with van der Waals surface area (Å²) in [5.41, 5.74) is 9.06. The molecule has 11 rings (SSSR count). The van der Waals surface area contributed by atoms with Gasteiger partial charge in [0.15, 0.2) is 0 Å². The Morgan fingerprint density at radius 2 is 0.843 bits per heavy atom. The van der Waals surface area contributed by atoms with Gasteiger partial charge in [-0.1, -0.05) is 115 Å². The Morgan fingerprint density at radius 3 is 1.55 bits per heavy atom. The van der Waals surface area contributed by atoms with Gasteiger partial charge in [-0.2, -0.15) is 0 Å². The molecule has 8 aromatic carbocycles. The van der Waals surface area contributed by atoms with Gasteiger partial charge in [0, 0.05) is 49.4 Å². The van der Waals surface area contributed by atoms with Crippen molar-refractivity contribution in [3.8, 4) is 28.2 Å². The van der Waals surface area contributed by atoms with Gasteiger partial charge in [0.25, 0.3) is 0 Å². The summed E-state index contributed by atoms with van der Waals surface area (Å²) >= 11 is 0. The molecular weight excluding hydrogens is 619 g/mol. The molecule has 0 unspecified atom stereocenters. The lowest BCUT2D eigenvalue weighted by Gasteiger charge is -2.12. The van der Waals surface area contributed by atoms with E-state index in [1.165, 1.54) is 10.8 Å². The summed E-state index contributed by atoms with van der Waals surface area (Å²) in [6.45, 7) is 0. The second-order valence-corrected chi connectivity index (χ2v) is 12.8. The van der Waals surface area contributed by atoms with Crippen molar-refractivity contribution in [1.82, 2.24) is 13.7 Å². The molecule has 51 heavy (non-hydrogen) atoms. The van der Waals surface area contributed by atoms with Crippen LogP contribution in [-0.2, 0) is 0 Å². The zero-order chi connectivity index (χ0) is 40.4. The van der Waals surface area contributed by atoms with Crippen LogP contribution in [0, 0.1) is 0 Å². The highest BCUT2D eigenvalue weighted by atomic mass is 15.0. The zero-order valence-electron chi connectivity index (χ0n) is 35.1. The summed E-state index contributed by atoms with van der Waals surface area (Å²) in [6, 6.07) is 44.7. The number of hydrogen-bond acceptors (Lipinski definition) is 0. The third-order valence-electron chi connectivity index (χ3n) is 10.1. The van der Waals surface area contributed by atoms with Gasteiger partial charge in [-0.3, -0.25) is 0 Å². The molecule has 0 N–H and O–H groups in total. The van der Waals surface area contributed by atoms with Crippen LogP contribution in [0.15, 0.2) is 188 Å². The van der Waals surface area contributed by atoms with E-state index in [2.05, 4.69) is 106 Å². The lowest BCUT2D eigenvalue weighted by molar-refractivity contribution is 1.14. The van der Waals surface area contributed by atoms with E-state index in [0.29, 0.717) is 5.69 Å². The van der Waals surface area contributed by atoms with Crippen LogP contribution >= 0.6 is 0 Å². The van der Waals surface area contributed by atoms with Crippen LogP contribution in [0.5, 0.6) is 0 Å². The lowest BCUT2D eigenvalue weighted by atomic mass is 9.98. The van der Waals surface area contributed by atoms with Crippen molar-refractivity contribution < 1.29 is 11.0 Å². The van der Waals surface area contributed by atoms with Crippen molar-refractivity contribution in [3.05, 3.63) is 188 Å². The van der Waals surface area contributed by atoms with Crippen LogP contribution in [0.3, 0.4) is 0 Å². The molecule has 0 aliphatic heterocycles. The monoisotopic (exact) mass is 657 g/mol. The van der Waals surface area contributed by atoms with Crippen molar-refractivity contribution in [2.24, 2.45) is 0 Å². The molecule has 11 aromatic rings. The Morgan fingerprint density at radius 1 is 0.333 bits per heavy atom. The first-order valence-electron chi connectivity index (χ1n) is 20.9. The molecule has 0 atom stereocenters. The van der Waals surface area contributed by atoms with E-state index < -0.39 is 24.2 Å². The van der Waals surface area contributed by atoms with Crippen LogP contribution in [-0.4, -0.2) is 13.7 Å². The minimum atomic E-state index is -0.464. The van der Waals surface area contributed by atoms with E-state index in [0.717, 1.165) is 55.3 Å². The molecule has 0 bridgehead atoms. The standard InChI is InChI=1S/C48H31N3/c1-2-13-33(14-3-1)51-44-22-10-6-17-39(44)40-30-25-32(31-47(40)51)36-19-12-24-46-48(36)41-18-7-11-23-45(41)50(46)35-28-26-34(27-29-35)49-42-20-8-4-15-37(42)38-16-5-9-21-43(38)49/h1-31H/i4D,5D,8D,9D,15D,16D,20D,21D. The minimum absolute atomic E-state index is 0.0549. The number of para-hydroxylation sites is 5. The summed E-state index contributed by atoms with van der Waals surface area (Å²) in [5.74, 6) is 0. The molecule has 0 fully saturated rings. The highest BCUT2D eigenvalue weighted by molar-refractivity contribution is 6.17. The maximum Gasteiger partial charge on any atom is 0.0645 e. The Kier molecular flexibility index (Phi) is 4.52. The van der Waals surface area contributed by atoms with Gasteiger partial charge in [-0.15, -0.1) is 0 Å². The van der Waals surface area contributed by atoms with Gasteiger partial charge < -0.3 is 13.7 Å². The second-order valence-electron chi connectivity index (χ2n) is 12.8. The third kappa shape index (κ3) is 4.06. The predicted octanol–water partition coefficient (Wildman–Crippen LogP) is 12.6. The van der Waals surface area contributed by atoms with Crippen LogP contribution in [0.4, 0.5) is 0 Å². The first kappa shape index (κ1) is 21.3. The summed E-state index contributed by atoms with van der Waals surface area (Å²) in [6.07, 6.45) is 0. The van der Waals surface area contributed by atoms with E-state index >= 15 is 0 Å². The van der Waals surface area contributed by atoms with Gasteiger partial charge in [0.05, 0.1) is 44.1 Å². The van der Waals surface area contributed by atoms with Gasteiger partial charge in [-0.05, 0) is 83.9 Å². The first-order valence-corrected chi connectivity index (χ1v) is 16.9. The molecule has 238 valence electrons. The molecule has 0 spiro atoms. The molecule has 3 heterocycles. The number of nitrogens with zero attached hydrogens (tertiary/aromatic N) is 3. The lowest BCUT2D eigenvalue weighted by Crippen LogP contribution is -1.97. The molecule has 0 radical (unpaired) electrons. The molecule has 3 aromatic heterocycles. The summed E-state index contributed by atoms with van der Waals surface area (Å²) in [7, 11) is 0. The fourth-order valence-corrected chi connectivity index (χ4v) is 7.96. The zero-order valence-corrected chi connectivity index (χ0v) is 27.1. The Bertz CT molecular complexity index is 3510. The molecule has 0 amide bonds. The third-order valence-corrected chi connectivity index (χ3v) is 10.1. The van der Waals surface area contributed by atoms with E-state index in [-0.39, 0.29) is 46.0 Å². The number of hydrogen-bond donors (Lipinski definition) is 0. The minimum Gasteiger partial charge on any atom is -0.309 e. The summed E-state index contributed by atoms with van der Waals surface area (Å²) < 4.78 is 75.2. The fourth-order valence-electron chi connectivity index (χ4n) is 7.96. The summed E-state index contributed by atoms with van der Waals surface area (Å²) in [5, 5.41) is 4.66. The summed E-state index contributed by atoms with van der Waals surface area (Å²) in [4.78, 5) is 0. The van der Waals surface area contributed by atoms with Crippen molar-refractivity contribution >= 4 is 65.4 Å². The smallest absolute Gasteiger partial charge is 0.0645 e. The van der Waals surface area contributed by atoms with Crippen molar-refractivity contribution in [1.29, 1.82) is 0 Å². The largest absolute Gasteiger partial charge is 0.309 e. The second kappa shape index (κ2) is 10.8. The quantitative estimate of drug-likeness (QED) is 0.179. The SMILES string of the molecule is [2H]c1c([2H])c([2H])c2c(c1[2H])c1c([2H])c([2H])c([2H])c([2H])c1n2-c1ccc(-n2c3ccccc3c3c(-c4ccc5c6ccccc6n(-c6ccccc6)c5c4)cccc32)cc1. The van der Waals surface area contributed by atoms with E-state index in [9.17, 15) is 0 Å². The topological polar surface area (TPSA) is 14.8 Å². The highest BCUT2D eigenvalue weighted by Gasteiger charge is 2.19. The molecular formula is C48H31N3. The molecule has 0 saturated carbocycles. The van der Waals surface area contributed by atoms with Crippen LogP contribution in [0.2, 0.25) is 0 Å². The average Bonchev–Trinajstić information content (AvgIpc) is 3.93. The molecule has 0 saturated heterocycles. The normalized spacial score (nSPS) is 14.1. The molecule has 0 aliphatic rings. The Labute approximate surface area is 305 Å². The van der Waals surface area contributed by atoms with Gasteiger partial charge in [0.1, 0.15) is 0 Å². The maximum absolute atomic E-state index is 8.92. The molecule has 3 nitrogen and oxygen atoms in total. The van der Waals surface area contributed by atoms with Crippen LogP contribution in [0.1, 0.15) is 11.0 Å². The van der Waals surface area contributed by atoms with Gasteiger partial charge in [-0.25, -0.2) is 0 Å². The van der Waals surface area contributed by atoms with Crippen LogP contribution < -0.4 is 0 Å². The number of rotatable bonds is 4. The molecule has 0 aliphatic carbocycles. The van der Waals surface area contributed by atoms with Crippen molar-refractivity contribution in [2.75, 3.05) is 0 Å². The number of aromatic nitrogens is 3. The van der Waals surface area contributed by atoms with Crippen molar-refractivity contribution in [3.63, 3.8) is 0 Å². The highest BCUT2D eigenvalue weighted by Crippen LogP contribution is 2.41. The predicted molar refractivity (Wildman–Crippen MR) is 215 cm³/mol. The number of benzene rings is 8.